The molecule has 0 radical (unpaired) electrons. The molecule has 7 atom stereocenters. The molecule has 156 valence electrons. The van der Waals surface area contributed by atoms with E-state index in [2.05, 4.69) is 20.8 Å². The smallest absolute Gasteiger partial charge is 0.341 e. The third kappa shape index (κ3) is 2.39. The van der Waals surface area contributed by atoms with E-state index in [-0.39, 0.29) is 23.2 Å². The van der Waals surface area contributed by atoms with Gasteiger partial charge < -0.3 is 19.4 Å². The number of rotatable bonds is 2. The average Bonchev–Trinajstić information content (AvgIpc) is 2.84. The second-order valence-corrected chi connectivity index (χ2v) is 10.5. The number of ether oxygens (including phenoxy) is 2. The molecule has 3 saturated carbocycles. The van der Waals surface area contributed by atoms with Crippen molar-refractivity contribution < 1.29 is 29.0 Å². The highest BCUT2D eigenvalue weighted by atomic mass is 16.7. The van der Waals surface area contributed by atoms with E-state index in [0.29, 0.717) is 18.8 Å². The minimum Gasteiger partial charge on any atom is -0.425 e. The van der Waals surface area contributed by atoms with Gasteiger partial charge in [-0.2, -0.15) is 0 Å². The van der Waals surface area contributed by atoms with Gasteiger partial charge in [-0.3, -0.25) is 4.79 Å². The van der Waals surface area contributed by atoms with E-state index in [1.165, 1.54) is 13.3 Å². The number of carbonyl (C=O) groups is 3. The van der Waals surface area contributed by atoms with Crippen molar-refractivity contribution in [1.29, 1.82) is 0 Å². The Bertz CT molecular complexity index is 716. The molecule has 4 aliphatic rings. The molecule has 1 N–H and O–H groups in total. The van der Waals surface area contributed by atoms with Gasteiger partial charge in [-0.05, 0) is 61.2 Å². The number of fused-ring (bicyclic) bond motifs is 5. The van der Waals surface area contributed by atoms with Gasteiger partial charge in [0.25, 0.3) is 6.29 Å². The Morgan fingerprint density at radius 3 is 2.46 bits per heavy atom. The van der Waals surface area contributed by atoms with Crippen molar-refractivity contribution >= 4 is 18.2 Å². The zero-order valence-corrected chi connectivity index (χ0v) is 17.3. The normalized spacial score (nSPS) is 49.2. The summed E-state index contributed by atoms with van der Waals surface area (Å²) in [5, 5.41) is 11.3. The second-order valence-electron chi connectivity index (χ2n) is 10.5. The highest BCUT2D eigenvalue weighted by molar-refractivity contribution is 5.84. The number of cyclic esters (lactones) is 1. The van der Waals surface area contributed by atoms with Gasteiger partial charge >= 0.3 is 11.9 Å². The van der Waals surface area contributed by atoms with Crippen LogP contribution in [0.15, 0.2) is 0 Å². The molecule has 4 fully saturated rings. The van der Waals surface area contributed by atoms with Gasteiger partial charge in [0.05, 0.1) is 5.92 Å². The Hall–Kier alpha value is -1.43. The van der Waals surface area contributed by atoms with E-state index in [1.54, 1.807) is 0 Å². The Kier molecular flexibility index (Phi) is 4.28. The summed E-state index contributed by atoms with van der Waals surface area (Å²) in [5.74, 6) is -1.66. The van der Waals surface area contributed by atoms with Gasteiger partial charge in [-0.25, -0.2) is 4.79 Å². The van der Waals surface area contributed by atoms with Crippen LogP contribution in [-0.2, 0) is 23.9 Å². The van der Waals surface area contributed by atoms with Crippen molar-refractivity contribution in [1.82, 2.24) is 0 Å². The Labute approximate surface area is 166 Å². The number of hydrogen-bond acceptors (Lipinski definition) is 6. The number of hydrogen-bond donors (Lipinski definition) is 1. The minimum absolute atomic E-state index is 0.0358. The maximum atomic E-state index is 12.7. The van der Waals surface area contributed by atoms with Crippen LogP contribution < -0.4 is 0 Å². The van der Waals surface area contributed by atoms with E-state index >= 15 is 0 Å². The summed E-state index contributed by atoms with van der Waals surface area (Å²) in [6.45, 7) is 8.20. The first-order valence-corrected chi connectivity index (χ1v) is 10.6. The number of aliphatic hydroxyl groups is 1. The molecule has 4 rings (SSSR count). The molecular formula is C22H32O6. The molecule has 0 amide bonds. The van der Waals surface area contributed by atoms with E-state index < -0.39 is 35.2 Å². The van der Waals surface area contributed by atoms with Crippen LogP contribution in [0, 0.1) is 34.0 Å². The number of aldehydes is 1. The second kappa shape index (κ2) is 6.04. The molecule has 28 heavy (non-hydrogen) atoms. The summed E-state index contributed by atoms with van der Waals surface area (Å²) in [4.78, 5) is 36.9. The van der Waals surface area contributed by atoms with Crippen molar-refractivity contribution in [3.8, 4) is 0 Å². The van der Waals surface area contributed by atoms with Crippen LogP contribution in [0.5, 0.6) is 0 Å². The fourth-order valence-corrected chi connectivity index (χ4v) is 7.87. The number of carbonyl (C=O) groups excluding carboxylic acids is 3. The molecule has 0 aromatic rings. The third-order valence-corrected chi connectivity index (χ3v) is 8.84. The lowest BCUT2D eigenvalue weighted by Gasteiger charge is -2.65. The highest BCUT2D eigenvalue weighted by Crippen LogP contribution is 2.70. The Morgan fingerprint density at radius 1 is 1.14 bits per heavy atom. The monoisotopic (exact) mass is 392 g/mol. The molecule has 0 spiro atoms. The SMILES string of the molecule is CC(=O)O[C@H]1OC(=O)[C@]2(O)CCC3[C@@]4(C)CCCC(C)(C)[C@@H]4CC[C@@]3(C=O)[C@H]12. The summed E-state index contributed by atoms with van der Waals surface area (Å²) >= 11 is 0. The van der Waals surface area contributed by atoms with Crippen molar-refractivity contribution in [2.24, 2.45) is 34.0 Å². The molecule has 0 bridgehead atoms. The molecule has 0 aromatic heterocycles. The molecule has 1 aliphatic heterocycles. The maximum absolute atomic E-state index is 12.7. The maximum Gasteiger partial charge on any atom is 0.341 e. The number of esters is 2. The first kappa shape index (κ1) is 19.9. The van der Waals surface area contributed by atoms with Crippen LogP contribution in [0.1, 0.15) is 72.6 Å². The fraction of sp³-hybridized carbons (Fsp3) is 0.864. The average molecular weight is 392 g/mol. The largest absolute Gasteiger partial charge is 0.425 e. The van der Waals surface area contributed by atoms with E-state index in [0.717, 1.165) is 25.5 Å². The minimum atomic E-state index is -1.76. The van der Waals surface area contributed by atoms with Crippen molar-refractivity contribution in [2.75, 3.05) is 0 Å². The van der Waals surface area contributed by atoms with Crippen LogP contribution in [-0.4, -0.2) is 35.2 Å². The Morgan fingerprint density at radius 2 is 1.82 bits per heavy atom. The molecule has 1 saturated heterocycles. The van der Waals surface area contributed by atoms with E-state index in [9.17, 15) is 19.5 Å². The van der Waals surface area contributed by atoms with Crippen LogP contribution >= 0.6 is 0 Å². The molecule has 1 heterocycles. The molecule has 6 nitrogen and oxygen atoms in total. The van der Waals surface area contributed by atoms with E-state index in [1.807, 2.05) is 0 Å². The third-order valence-electron chi connectivity index (χ3n) is 8.84. The Balaban J connectivity index is 1.81. The van der Waals surface area contributed by atoms with Crippen molar-refractivity contribution in [2.45, 2.75) is 84.5 Å². The summed E-state index contributed by atoms with van der Waals surface area (Å²) in [5.41, 5.74) is -2.52. The fourth-order valence-electron chi connectivity index (χ4n) is 7.87. The van der Waals surface area contributed by atoms with Gasteiger partial charge in [0.1, 0.15) is 6.29 Å². The lowest BCUT2D eigenvalue weighted by Crippen LogP contribution is -2.66. The molecule has 0 aromatic carbocycles. The quantitative estimate of drug-likeness (QED) is 0.574. The zero-order chi connectivity index (χ0) is 20.5. The molecular weight excluding hydrogens is 360 g/mol. The highest BCUT2D eigenvalue weighted by Gasteiger charge is 2.74. The summed E-state index contributed by atoms with van der Waals surface area (Å²) in [7, 11) is 0. The molecule has 6 heteroatoms. The molecule has 3 aliphatic carbocycles. The predicted molar refractivity (Wildman–Crippen MR) is 99.8 cm³/mol. The van der Waals surface area contributed by atoms with Crippen LogP contribution in [0.2, 0.25) is 0 Å². The first-order chi connectivity index (χ1) is 13.0. The van der Waals surface area contributed by atoms with Gasteiger partial charge in [-0.15, -0.1) is 0 Å². The predicted octanol–water partition coefficient (Wildman–Crippen LogP) is 3.00. The van der Waals surface area contributed by atoms with Crippen LogP contribution in [0.4, 0.5) is 0 Å². The van der Waals surface area contributed by atoms with Gasteiger partial charge in [0, 0.05) is 12.3 Å². The standard InChI is InChI=1S/C22H32O6/c1-13(24)27-17-16-21(12-23)10-6-14-19(2,3)8-5-9-20(14,4)15(21)7-11-22(16,26)18(25)28-17/h12,14-17,26H,5-11H2,1-4H3/t14-,15?,16-,17-,20-,21-,22-/m0/s1. The van der Waals surface area contributed by atoms with Gasteiger partial charge in [-0.1, -0.05) is 27.2 Å². The van der Waals surface area contributed by atoms with Crippen LogP contribution in [0.25, 0.3) is 0 Å². The van der Waals surface area contributed by atoms with E-state index in [4.69, 9.17) is 9.47 Å². The van der Waals surface area contributed by atoms with Gasteiger partial charge in [0.15, 0.2) is 5.60 Å². The van der Waals surface area contributed by atoms with Crippen molar-refractivity contribution in [3.63, 3.8) is 0 Å². The molecule has 1 unspecified atom stereocenters. The lowest BCUT2D eigenvalue weighted by atomic mass is 9.38. The summed E-state index contributed by atoms with van der Waals surface area (Å²) in [6.07, 6.45) is 5.40. The zero-order valence-electron chi connectivity index (χ0n) is 17.3. The summed E-state index contributed by atoms with van der Waals surface area (Å²) < 4.78 is 10.6. The van der Waals surface area contributed by atoms with Crippen molar-refractivity contribution in [3.05, 3.63) is 0 Å². The van der Waals surface area contributed by atoms with Gasteiger partial charge in [0.2, 0.25) is 0 Å². The lowest BCUT2D eigenvalue weighted by molar-refractivity contribution is -0.227. The topological polar surface area (TPSA) is 89.9 Å². The summed E-state index contributed by atoms with van der Waals surface area (Å²) in [6, 6.07) is 0. The first-order valence-electron chi connectivity index (χ1n) is 10.6. The van der Waals surface area contributed by atoms with Crippen LogP contribution in [0.3, 0.4) is 0 Å².